The lowest BCUT2D eigenvalue weighted by Gasteiger charge is -2.07. The van der Waals surface area contributed by atoms with Crippen molar-refractivity contribution in [1.29, 1.82) is 0 Å². The van der Waals surface area contributed by atoms with Gasteiger partial charge in [0.15, 0.2) is 5.82 Å². The van der Waals surface area contributed by atoms with Gasteiger partial charge in [-0.2, -0.15) is 0 Å². The van der Waals surface area contributed by atoms with Crippen LogP contribution < -0.4 is 11.1 Å². The Bertz CT molecular complexity index is 692. The summed E-state index contributed by atoms with van der Waals surface area (Å²) < 4.78 is 0. The lowest BCUT2D eigenvalue weighted by Crippen LogP contribution is -2.16. The largest absolute Gasteiger partial charge is 0.383 e. The second kappa shape index (κ2) is 5.49. The van der Waals surface area contributed by atoms with Crippen molar-refractivity contribution in [3.8, 4) is 0 Å². The highest BCUT2D eigenvalue weighted by Gasteiger charge is 2.17. The monoisotopic (exact) mass is 293 g/mol. The molecule has 20 heavy (non-hydrogen) atoms. The van der Waals surface area contributed by atoms with Gasteiger partial charge in [0.25, 0.3) is 11.6 Å². The molecule has 3 N–H and O–H groups in total. The van der Waals surface area contributed by atoms with Crippen LogP contribution in [0, 0.1) is 10.1 Å². The average Bonchev–Trinajstić information content (AvgIpc) is 2.41. The fourth-order valence-electron chi connectivity index (χ4n) is 1.40. The van der Waals surface area contributed by atoms with E-state index in [4.69, 9.17) is 17.3 Å². The molecule has 0 atom stereocenters. The number of pyridine rings is 2. The van der Waals surface area contributed by atoms with E-state index >= 15 is 0 Å². The SMILES string of the molecule is Nc1ncc([N+](=O)[O-])cc1C(=O)Nc1ncccc1Cl. The van der Waals surface area contributed by atoms with Crippen LogP contribution in [0.5, 0.6) is 0 Å². The minimum atomic E-state index is -0.681. The molecule has 0 radical (unpaired) electrons. The Labute approximate surface area is 117 Å². The minimum Gasteiger partial charge on any atom is -0.383 e. The molecular formula is C11H8ClN5O3. The summed E-state index contributed by atoms with van der Waals surface area (Å²) in [6, 6.07) is 4.18. The molecular weight excluding hydrogens is 286 g/mol. The van der Waals surface area contributed by atoms with Crippen LogP contribution in [-0.2, 0) is 0 Å². The summed E-state index contributed by atoms with van der Waals surface area (Å²) in [6.45, 7) is 0. The van der Waals surface area contributed by atoms with E-state index in [0.717, 1.165) is 12.3 Å². The summed E-state index contributed by atoms with van der Waals surface area (Å²) in [5.41, 5.74) is 5.07. The van der Waals surface area contributed by atoms with Crippen molar-refractivity contribution in [3.05, 3.63) is 51.3 Å². The highest BCUT2D eigenvalue weighted by molar-refractivity contribution is 6.33. The molecule has 9 heteroatoms. The number of hydrogen-bond donors (Lipinski definition) is 2. The molecule has 8 nitrogen and oxygen atoms in total. The van der Waals surface area contributed by atoms with Gasteiger partial charge in [0.1, 0.15) is 12.0 Å². The summed E-state index contributed by atoms with van der Waals surface area (Å²) in [5, 5.41) is 13.3. The Balaban J connectivity index is 2.32. The number of nitrogens with zero attached hydrogens (tertiary/aromatic N) is 3. The number of halogens is 1. The van der Waals surface area contributed by atoms with Crippen LogP contribution >= 0.6 is 11.6 Å². The van der Waals surface area contributed by atoms with Gasteiger partial charge in [0, 0.05) is 12.3 Å². The smallest absolute Gasteiger partial charge is 0.288 e. The summed E-state index contributed by atoms with van der Waals surface area (Å²) in [5.74, 6) is -0.676. The molecule has 0 bridgehead atoms. The number of carbonyl (C=O) groups is 1. The maximum Gasteiger partial charge on any atom is 0.288 e. The highest BCUT2D eigenvalue weighted by atomic mass is 35.5. The molecule has 0 aliphatic carbocycles. The predicted molar refractivity (Wildman–Crippen MR) is 72.5 cm³/mol. The number of nitrogens with two attached hydrogens (primary N) is 1. The Morgan fingerprint density at radius 1 is 1.45 bits per heavy atom. The molecule has 2 aromatic heterocycles. The van der Waals surface area contributed by atoms with Gasteiger partial charge in [-0.3, -0.25) is 14.9 Å². The Hall–Kier alpha value is -2.74. The topological polar surface area (TPSA) is 124 Å². The van der Waals surface area contributed by atoms with E-state index in [-0.39, 0.29) is 27.9 Å². The molecule has 0 aliphatic heterocycles. The fourth-order valence-corrected chi connectivity index (χ4v) is 1.57. The van der Waals surface area contributed by atoms with Crippen LogP contribution in [-0.4, -0.2) is 20.8 Å². The van der Waals surface area contributed by atoms with Gasteiger partial charge in [-0.1, -0.05) is 11.6 Å². The van der Waals surface area contributed by atoms with Gasteiger partial charge in [0.2, 0.25) is 0 Å². The molecule has 1 amide bonds. The first-order valence-corrected chi connectivity index (χ1v) is 5.68. The van der Waals surface area contributed by atoms with Crippen LogP contribution in [0.4, 0.5) is 17.3 Å². The molecule has 0 aromatic carbocycles. The fraction of sp³-hybridized carbons (Fsp3) is 0. The number of anilines is 2. The lowest BCUT2D eigenvalue weighted by molar-refractivity contribution is -0.385. The molecule has 0 spiro atoms. The number of hydrogen-bond acceptors (Lipinski definition) is 6. The van der Waals surface area contributed by atoms with Gasteiger partial charge in [-0.25, -0.2) is 9.97 Å². The van der Waals surface area contributed by atoms with Crippen LogP contribution in [0.1, 0.15) is 10.4 Å². The molecule has 0 unspecified atom stereocenters. The summed E-state index contributed by atoms with van der Waals surface area (Å²) in [7, 11) is 0. The summed E-state index contributed by atoms with van der Waals surface area (Å²) >= 11 is 5.84. The van der Waals surface area contributed by atoms with Gasteiger partial charge in [0.05, 0.1) is 15.5 Å². The summed E-state index contributed by atoms with van der Waals surface area (Å²) in [4.78, 5) is 29.5. The van der Waals surface area contributed by atoms with E-state index < -0.39 is 10.8 Å². The number of aromatic nitrogens is 2. The second-order valence-electron chi connectivity index (χ2n) is 3.67. The molecule has 2 rings (SSSR count). The number of nitrogen functional groups attached to an aromatic ring is 1. The molecule has 0 fully saturated rings. The molecule has 2 heterocycles. The Morgan fingerprint density at radius 2 is 2.20 bits per heavy atom. The van der Waals surface area contributed by atoms with Crippen molar-refractivity contribution in [2.45, 2.75) is 0 Å². The van der Waals surface area contributed by atoms with Crippen LogP contribution in [0.15, 0.2) is 30.6 Å². The first-order chi connectivity index (χ1) is 9.49. The lowest BCUT2D eigenvalue weighted by atomic mass is 10.2. The van der Waals surface area contributed by atoms with E-state index in [0.29, 0.717) is 0 Å². The molecule has 0 saturated carbocycles. The Kier molecular flexibility index (Phi) is 3.76. The van der Waals surface area contributed by atoms with E-state index in [1.807, 2.05) is 0 Å². The number of nitrogens with one attached hydrogen (secondary N) is 1. The summed E-state index contributed by atoms with van der Waals surface area (Å²) in [6.07, 6.45) is 2.41. The van der Waals surface area contributed by atoms with Gasteiger partial charge >= 0.3 is 0 Å². The maximum atomic E-state index is 12.0. The minimum absolute atomic E-state index is 0.124. The van der Waals surface area contributed by atoms with E-state index in [9.17, 15) is 14.9 Å². The Morgan fingerprint density at radius 3 is 2.85 bits per heavy atom. The van der Waals surface area contributed by atoms with Gasteiger partial charge < -0.3 is 11.1 Å². The standard InChI is InChI=1S/C11H8ClN5O3/c12-8-2-1-3-14-10(8)16-11(18)7-4-6(17(19)20)5-15-9(7)13/h1-5H,(H2,13,15)(H,14,16,18). The van der Waals surface area contributed by atoms with E-state index in [1.165, 1.54) is 6.20 Å². The third kappa shape index (κ3) is 2.81. The predicted octanol–water partition coefficient (Wildman–Crippen LogP) is 1.87. The van der Waals surface area contributed by atoms with Crippen LogP contribution in [0.3, 0.4) is 0 Å². The number of rotatable bonds is 3. The van der Waals surface area contributed by atoms with E-state index in [2.05, 4.69) is 15.3 Å². The van der Waals surface area contributed by atoms with Crippen molar-refractivity contribution < 1.29 is 9.72 Å². The van der Waals surface area contributed by atoms with Crippen molar-refractivity contribution in [3.63, 3.8) is 0 Å². The quantitative estimate of drug-likeness (QED) is 0.657. The van der Waals surface area contributed by atoms with Crippen LogP contribution in [0.2, 0.25) is 5.02 Å². The van der Waals surface area contributed by atoms with Crippen molar-refractivity contribution in [2.75, 3.05) is 11.1 Å². The van der Waals surface area contributed by atoms with Gasteiger partial charge in [-0.05, 0) is 12.1 Å². The number of amides is 1. The normalized spacial score (nSPS) is 10.1. The first-order valence-electron chi connectivity index (χ1n) is 5.31. The first kappa shape index (κ1) is 13.7. The molecule has 0 aliphatic rings. The van der Waals surface area contributed by atoms with Crippen LogP contribution in [0.25, 0.3) is 0 Å². The van der Waals surface area contributed by atoms with Crippen molar-refractivity contribution >= 4 is 34.8 Å². The zero-order chi connectivity index (χ0) is 14.7. The zero-order valence-electron chi connectivity index (χ0n) is 9.91. The molecule has 0 saturated heterocycles. The zero-order valence-corrected chi connectivity index (χ0v) is 10.7. The van der Waals surface area contributed by atoms with E-state index in [1.54, 1.807) is 12.1 Å². The van der Waals surface area contributed by atoms with Crippen molar-refractivity contribution in [1.82, 2.24) is 9.97 Å². The maximum absolute atomic E-state index is 12.0. The number of carbonyl (C=O) groups excluding carboxylic acids is 1. The highest BCUT2D eigenvalue weighted by Crippen LogP contribution is 2.21. The average molecular weight is 294 g/mol. The van der Waals surface area contributed by atoms with Crippen molar-refractivity contribution in [2.24, 2.45) is 0 Å². The second-order valence-corrected chi connectivity index (χ2v) is 4.08. The third-order valence-corrected chi connectivity index (χ3v) is 2.65. The number of nitro groups is 1. The molecule has 2 aromatic rings. The van der Waals surface area contributed by atoms with Gasteiger partial charge in [-0.15, -0.1) is 0 Å². The molecule has 102 valence electrons. The third-order valence-electron chi connectivity index (χ3n) is 2.35.